The number of rotatable bonds is 2. The molecule has 2 aromatic rings. The Balaban J connectivity index is 2.78. The SMILES string of the molecule is Cc1sc2nnn(C(C)C(N)=O)c(=O)c2c1C. The third kappa shape index (κ3) is 1.72. The minimum Gasteiger partial charge on any atom is -0.368 e. The molecule has 0 aliphatic rings. The van der Waals surface area contributed by atoms with Crippen LogP contribution in [0.4, 0.5) is 0 Å². The topological polar surface area (TPSA) is 90.9 Å². The Labute approximate surface area is 101 Å². The lowest BCUT2D eigenvalue weighted by Gasteiger charge is -2.08. The van der Waals surface area contributed by atoms with Crippen molar-refractivity contribution >= 4 is 27.5 Å². The zero-order valence-corrected chi connectivity index (χ0v) is 10.5. The van der Waals surface area contributed by atoms with Crippen molar-refractivity contribution in [3.05, 3.63) is 20.8 Å². The Morgan fingerprint density at radius 2 is 2.12 bits per heavy atom. The van der Waals surface area contributed by atoms with Crippen LogP contribution in [0.15, 0.2) is 4.79 Å². The van der Waals surface area contributed by atoms with Gasteiger partial charge in [0.25, 0.3) is 5.56 Å². The Morgan fingerprint density at radius 3 is 2.71 bits per heavy atom. The molecule has 1 amide bonds. The molecule has 0 fully saturated rings. The van der Waals surface area contributed by atoms with Crippen molar-refractivity contribution in [3.63, 3.8) is 0 Å². The van der Waals surface area contributed by atoms with Gasteiger partial charge in [0, 0.05) is 4.88 Å². The maximum absolute atomic E-state index is 12.2. The summed E-state index contributed by atoms with van der Waals surface area (Å²) in [5, 5.41) is 8.22. The van der Waals surface area contributed by atoms with Crippen molar-refractivity contribution in [1.82, 2.24) is 15.0 Å². The van der Waals surface area contributed by atoms with Gasteiger partial charge in [0.05, 0.1) is 5.39 Å². The number of primary amides is 1. The average molecular weight is 252 g/mol. The molecule has 17 heavy (non-hydrogen) atoms. The molecule has 0 spiro atoms. The number of amides is 1. The van der Waals surface area contributed by atoms with Crippen LogP contribution in [0.3, 0.4) is 0 Å². The predicted molar refractivity (Wildman–Crippen MR) is 65.1 cm³/mol. The molecular weight excluding hydrogens is 240 g/mol. The number of thiophene rings is 1. The molecule has 0 aliphatic carbocycles. The van der Waals surface area contributed by atoms with E-state index in [1.165, 1.54) is 18.3 Å². The minimum atomic E-state index is -0.793. The second-order valence-electron chi connectivity index (χ2n) is 3.88. The van der Waals surface area contributed by atoms with E-state index in [9.17, 15) is 9.59 Å². The molecule has 1 unspecified atom stereocenters. The van der Waals surface area contributed by atoms with E-state index in [2.05, 4.69) is 10.3 Å². The molecule has 7 heteroatoms. The first-order chi connectivity index (χ1) is 7.93. The zero-order valence-electron chi connectivity index (χ0n) is 9.72. The van der Waals surface area contributed by atoms with Gasteiger partial charge in [-0.05, 0) is 26.3 Å². The Kier molecular flexibility index (Phi) is 2.70. The quantitative estimate of drug-likeness (QED) is 0.843. The lowest BCUT2D eigenvalue weighted by Crippen LogP contribution is -2.34. The van der Waals surface area contributed by atoms with E-state index >= 15 is 0 Å². The highest BCUT2D eigenvalue weighted by atomic mass is 32.1. The van der Waals surface area contributed by atoms with Gasteiger partial charge in [0.1, 0.15) is 6.04 Å². The van der Waals surface area contributed by atoms with Crippen LogP contribution in [0.1, 0.15) is 23.4 Å². The normalized spacial score (nSPS) is 12.9. The molecule has 0 aromatic carbocycles. The summed E-state index contributed by atoms with van der Waals surface area (Å²) in [6.45, 7) is 5.30. The molecule has 1 atom stereocenters. The summed E-state index contributed by atoms with van der Waals surface area (Å²) in [4.78, 5) is 24.9. The molecule has 0 radical (unpaired) electrons. The lowest BCUT2D eigenvalue weighted by atomic mass is 10.2. The first-order valence-electron chi connectivity index (χ1n) is 5.08. The fraction of sp³-hybridized carbons (Fsp3) is 0.400. The number of aryl methyl sites for hydroxylation is 2. The summed E-state index contributed by atoms with van der Waals surface area (Å²) in [5.74, 6) is -0.606. The van der Waals surface area contributed by atoms with Gasteiger partial charge in [-0.1, -0.05) is 5.21 Å². The molecule has 0 aliphatic heterocycles. The van der Waals surface area contributed by atoms with Gasteiger partial charge in [-0.15, -0.1) is 16.4 Å². The highest BCUT2D eigenvalue weighted by Crippen LogP contribution is 2.25. The predicted octanol–water partition coefficient (Wildman–Crippen LogP) is 0.516. The molecule has 2 aromatic heterocycles. The summed E-state index contributed by atoms with van der Waals surface area (Å²) < 4.78 is 1.03. The second kappa shape index (κ2) is 3.92. The first-order valence-corrected chi connectivity index (χ1v) is 5.89. The van der Waals surface area contributed by atoms with Crippen LogP contribution < -0.4 is 11.3 Å². The Bertz CT molecular complexity index is 658. The third-order valence-corrected chi connectivity index (χ3v) is 3.89. The molecule has 0 bridgehead atoms. The standard InChI is InChI=1S/C10H12N4O2S/c1-4-6(3)17-9-7(4)10(16)14(13-12-9)5(2)8(11)15/h5H,1-3H3,(H2,11,15). The first kappa shape index (κ1) is 11.7. The van der Waals surface area contributed by atoms with Gasteiger partial charge in [-0.2, -0.15) is 4.68 Å². The van der Waals surface area contributed by atoms with Crippen molar-refractivity contribution in [2.75, 3.05) is 0 Å². The maximum Gasteiger partial charge on any atom is 0.279 e. The number of fused-ring (bicyclic) bond motifs is 1. The second-order valence-corrected chi connectivity index (χ2v) is 5.08. The number of nitrogens with two attached hydrogens (primary N) is 1. The van der Waals surface area contributed by atoms with Crippen LogP contribution in [0.2, 0.25) is 0 Å². The van der Waals surface area contributed by atoms with Crippen LogP contribution in [-0.2, 0) is 4.79 Å². The van der Waals surface area contributed by atoms with Gasteiger partial charge >= 0.3 is 0 Å². The number of aromatic nitrogens is 3. The smallest absolute Gasteiger partial charge is 0.279 e. The van der Waals surface area contributed by atoms with Crippen LogP contribution in [0, 0.1) is 13.8 Å². The molecule has 90 valence electrons. The summed E-state index contributed by atoms with van der Waals surface area (Å²) in [5.41, 5.74) is 5.73. The van der Waals surface area contributed by atoms with Crippen molar-refractivity contribution in [3.8, 4) is 0 Å². The van der Waals surface area contributed by atoms with Gasteiger partial charge < -0.3 is 5.73 Å². The lowest BCUT2D eigenvalue weighted by molar-refractivity contribution is -0.121. The number of hydrogen-bond donors (Lipinski definition) is 1. The third-order valence-electron chi connectivity index (χ3n) is 2.80. The van der Waals surface area contributed by atoms with Crippen LogP contribution in [0.25, 0.3) is 10.2 Å². The van der Waals surface area contributed by atoms with E-state index in [0.29, 0.717) is 10.2 Å². The van der Waals surface area contributed by atoms with Crippen molar-refractivity contribution in [2.24, 2.45) is 5.73 Å². The fourth-order valence-corrected chi connectivity index (χ4v) is 2.51. The van der Waals surface area contributed by atoms with Crippen molar-refractivity contribution in [2.45, 2.75) is 26.8 Å². The van der Waals surface area contributed by atoms with Gasteiger partial charge in [0.15, 0.2) is 4.83 Å². The fourth-order valence-electron chi connectivity index (χ4n) is 1.55. The number of hydrogen-bond acceptors (Lipinski definition) is 5. The van der Waals surface area contributed by atoms with E-state index in [1.54, 1.807) is 0 Å². The highest BCUT2D eigenvalue weighted by Gasteiger charge is 2.19. The monoisotopic (exact) mass is 252 g/mol. The van der Waals surface area contributed by atoms with E-state index in [1.807, 2.05) is 13.8 Å². The molecule has 2 rings (SSSR count). The van der Waals surface area contributed by atoms with E-state index < -0.39 is 11.9 Å². The summed E-state index contributed by atoms with van der Waals surface area (Å²) in [7, 11) is 0. The number of nitrogens with zero attached hydrogens (tertiary/aromatic N) is 3. The van der Waals surface area contributed by atoms with Crippen molar-refractivity contribution in [1.29, 1.82) is 0 Å². The van der Waals surface area contributed by atoms with Crippen molar-refractivity contribution < 1.29 is 4.79 Å². The molecule has 6 nitrogen and oxygen atoms in total. The van der Waals surface area contributed by atoms with Crippen LogP contribution in [-0.4, -0.2) is 20.9 Å². The minimum absolute atomic E-state index is 0.317. The summed E-state index contributed by atoms with van der Waals surface area (Å²) >= 11 is 1.42. The van der Waals surface area contributed by atoms with E-state index in [0.717, 1.165) is 15.1 Å². The summed E-state index contributed by atoms with van der Waals surface area (Å²) in [6, 6.07) is -0.793. The Morgan fingerprint density at radius 1 is 1.47 bits per heavy atom. The van der Waals surface area contributed by atoms with E-state index in [-0.39, 0.29) is 5.56 Å². The molecule has 0 saturated heterocycles. The number of carbonyl (C=O) groups excluding carboxylic acids is 1. The zero-order chi connectivity index (χ0) is 12.7. The number of carbonyl (C=O) groups is 1. The highest BCUT2D eigenvalue weighted by molar-refractivity contribution is 7.18. The largest absolute Gasteiger partial charge is 0.368 e. The molecular formula is C10H12N4O2S. The maximum atomic E-state index is 12.2. The van der Waals surface area contributed by atoms with Gasteiger partial charge in [-0.3, -0.25) is 9.59 Å². The average Bonchev–Trinajstić information content (AvgIpc) is 2.55. The van der Waals surface area contributed by atoms with Crippen LogP contribution in [0.5, 0.6) is 0 Å². The molecule has 0 saturated carbocycles. The van der Waals surface area contributed by atoms with E-state index in [4.69, 9.17) is 5.73 Å². The van der Waals surface area contributed by atoms with Gasteiger partial charge in [0.2, 0.25) is 5.91 Å². The van der Waals surface area contributed by atoms with Gasteiger partial charge in [-0.25, -0.2) is 0 Å². The summed E-state index contributed by atoms with van der Waals surface area (Å²) in [6.07, 6.45) is 0. The van der Waals surface area contributed by atoms with Crippen LogP contribution >= 0.6 is 11.3 Å². The molecule has 2 heterocycles. The molecule has 2 N–H and O–H groups in total. The Hall–Kier alpha value is -1.76.